The van der Waals surface area contributed by atoms with E-state index < -0.39 is 17.5 Å². The van der Waals surface area contributed by atoms with E-state index in [0.29, 0.717) is 16.9 Å². The van der Waals surface area contributed by atoms with Crippen LogP contribution in [0.2, 0.25) is 0 Å². The van der Waals surface area contributed by atoms with Gasteiger partial charge in [-0.1, -0.05) is 12.1 Å². The molecule has 0 radical (unpaired) electrons. The van der Waals surface area contributed by atoms with Crippen LogP contribution in [0.25, 0.3) is 0 Å². The van der Waals surface area contributed by atoms with Crippen LogP contribution in [-0.4, -0.2) is 31.8 Å². The number of carbonyl (C=O) groups excluding carboxylic acids is 2. The lowest BCUT2D eigenvalue weighted by atomic mass is 10.1. The molecule has 8 heteroatoms. The molecule has 168 valence electrons. The van der Waals surface area contributed by atoms with Gasteiger partial charge in [0.2, 0.25) is 5.76 Å². The number of methoxy groups -OCH3 is 2. The predicted octanol–water partition coefficient (Wildman–Crippen LogP) is 4.13. The first kappa shape index (κ1) is 24.3. The fourth-order valence-corrected chi connectivity index (χ4v) is 2.57. The summed E-state index contributed by atoms with van der Waals surface area (Å²) < 4.78 is 26.6. The summed E-state index contributed by atoms with van der Waals surface area (Å²) in [4.78, 5) is 25.0. The lowest BCUT2D eigenvalue weighted by molar-refractivity contribution is -0.138. The Bertz CT molecular complexity index is 1030. The summed E-state index contributed by atoms with van der Waals surface area (Å²) in [6.45, 7) is 5.24. The number of hydrogen-bond donors (Lipinski definition) is 0. The Morgan fingerprint density at radius 1 is 1.06 bits per heavy atom. The Kier molecular flexibility index (Phi) is 8.24. The van der Waals surface area contributed by atoms with E-state index in [-0.39, 0.29) is 23.7 Å². The first-order valence-corrected chi connectivity index (χ1v) is 9.66. The Hall–Kier alpha value is -3.99. The molecular weight excluding hydrogens is 414 g/mol. The Morgan fingerprint density at radius 2 is 1.75 bits per heavy atom. The lowest BCUT2D eigenvalue weighted by Gasteiger charge is -2.22. The number of nitrogens with zero attached hydrogens (tertiary/aromatic N) is 1. The summed E-state index contributed by atoms with van der Waals surface area (Å²) >= 11 is 0. The number of rotatable bonds is 8. The van der Waals surface area contributed by atoms with Gasteiger partial charge in [-0.15, -0.1) is 0 Å². The fraction of sp³-hybridized carbons (Fsp3) is 0.292. The van der Waals surface area contributed by atoms with E-state index in [2.05, 4.69) is 0 Å². The van der Waals surface area contributed by atoms with Gasteiger partial charge in [0.05, 0.1) is 25.9 Å². The zero-order valence-corrected chi connectivity index (χ0v) is 18.6. The van der Waals surface area contributed by atoms with Gasteiger partial charge in [-0.3, -0.25) is 0 Å². The minimum absolute atomic E-state index is 0.0131. The van der Waals surface area contributed by atoms with E-state index >= 15 is 0 Å². The van der Waals surface area contributed by atoms with Crippen LogP contribution in [0.15, 0.2) is 54.5 Å². The molecule has 0 aliphatic carbocycles. The Labute approximate surface area is 186 Å². The quantitative estimate of drug-likeness (QED) is 0.343. The average molecular weight is 439 g/mol. The molecule has 0 bridgehead atoms. The van der Waals surface area contributed by atoms with Crippen LogP contribution in [-0.2, 0) is 25.6 Å². The second-order valence-corrected chi connectivity index (χ2v) is 7.53. The van der Waals surface area contributed by atoms with Crippen molar-refractivity contribution in [2.45, 2.75) is 33.0 Å². The second kappa shape index (κ2) is 10.9. The van der Waals surface area contributed by atoms with Crippen LogP contribution in [0, 0.1) is 11.3 Å². The SMILES string of the molecule is COC=C(Oc1cccc(COc2ccc(C#N)cc2)c1C(=O)OC(C)(C)C)C(=O)OC. The molecular formula is C24H25NO7. The minimum Gasteiger partial charge on any atom is -0.500 e. The van der Waals surface area contributed by atoms with E-state index in [0.717, 1.165) is 6.26 Å². The molecule has 2 rings (SSSR count). The highest BCUT2D eigenvalue weighted by atomic mass is 16.6. The van der Waals surface area contributed by atoms with Crippen LogP contribution < -0.4 is 9.47 Å². The maximum atomic E-state index is 13.0. The second-order valence-electron chi connectivity index (χ2n) is 7.53. The third kappa shape index (κ3) is 6.77. The average Bonchev–Trinajstić information content (AvgIpc) is 2.76. The largest absolute Gasteiger partial charge is 0.500 e. The maximum Gasteiger partial charge on any atom is 0.377 e. The summed E-state index contributed by atoms with van der Waals surface area (Å²) in [5.74, 6) is -1.08. The third-order valence-electron chi connectivity index (χ3n) is 3.92. The van der Waals surface area contributed by atoms with Crippen molar-refractivity contribution in [2.24, 2.45) is 0 Å². The highest BCUT2D eigenvalue weighted by Gasteiger charge is 2.26. The van der Waals surface area contributed by atoms with E-state index in [9.17, 15) is 9.59 Å². The number of benzene rings is 2. The van der Waals surface area contributed by atoms with E-state index in [1.165, 1.54) is 20.3 Å². The van der Waals surface area contributed by atoms with Crippen LogP contribution in [0.1, 0.15) is 42.3 Å². The molecule has 0 heterocycles. The highest BCUT2D eigenvalue weighted by molar-refractivity contribution is 5.95. The zero-order chi connectivity index (χ0) is 23.7. The number of esters is 2. The summed E-state index contributed by atoms with van der Waals surface area (Å²) in [5, 5.41) is 8.92. The molecule has 0 atom stereocenters. The Morgan fingerprint density at radius 3 is 2.31 bits per heavy atom. The van der Waals surface area contributed by atoms with Gasteiger partial charge in [0, 0.05) is 5.56 Å². The van der Waals surface area contributed by atoms with E-state index in [1.54, 1.807) is 57.2 Å². The number of ether oxygens (including phenoxy) is 5. The van der Waals surface area contributed by atoms with Crippen molar-refractivity contribution >= 4 is 11.9 Å². The standard InChI is InChI=1S/C24H25NO7/c1-24(2,3)32-23(27)21-17(14-30-18-11-9-16(13-25)10-12-18)7-6-8-19(21)31-20(15-28-4)22(26)29-5/h6-12,15H,14H2,1-5H3. The molecule has 0 amide bonds. The summed E-state index contributed by atoms with van der Waals surface area (Å²) in [6.07, 6.45) is 1.07. The summed E-state index contributed by atoms with van der Waals surface area (Å²) in [5.41, 5.74) is 0.315. The van der Waals surface area contributed by atoms with Gasteiger partial charge in [-0.25, -0.2) is 9.59 Å². The summed E-state index contributed by atoms with van der Waals surface area (Å²) in [7, 11) is 2.55. The summed E-state index contributed by atoms with van der Waals surface area (Å²) in [6, 6.07) is 13.5. The van der Waals surface area contributed by atoms with Gasteiger partial charge in [-0.05, 0) is 51.1 Å². The molecule has 0 saturated carbocycles. The van der Waals surface area contributed by atoms with Gasteiger partial charge in [-0.2, -0.15) is 5.26 Å². The molecule has 0 saturated heterocycles. The predicted molar refractivity (Wildman–Crippen MR) is 115 cm³/mol. The number of hydrogen-bond acceptors (Lipinski definition) is 8. The van der Waals surface area contributed by atoms with Crippen molar-refractivity contribution in [3.05, 3.63) is 71.2 Å². The van der Waals surface area contributed by atoms with Gasteiger partial charge in [0.15, 0.2) is 0 Å². The first-order valence-electron chi connectivity index (χ1n) is 9.66. The van der Waals surface area contributed by atoms with Gasteiger partial charge >= 0.3 is 11.9 Å². The van der Waals surface area contributed by atoms with Crippen LogP contribution >= 0.6 is 0 Å². The molecule has 0 aromatic heterocycles. The molecule has 0 spiro atoms. The number of carbonyl (C=O) groups is 2. The van der Waals surface area contributed by atoms with Gasteiger partial charge < -0.3 is 23.7 Å². The van der Waals surface area contributed by atoms with Crippen molar-refractivity contribution < 1.29 is 33.3 Å². The van der Waals surface area contributed by atoms with Crippen molar-refractivity contribution in [2.75, 3.05) is 14.2 Å². The molecule has 0 fully saturated rings. The monoisotopic (exact) mass is 439 g/mol. The van der Waals surface area contributed by atoms with Crippen LogP contribution in [0.5, 0.6) is 11.5 Å². The van der Waals surface area contributed by atoms with Crippen molar-refractivity contribution in [1.82, 2.24) is 0 Å². The molecule has 0 unspecified atom stereocenters. The molecule has 2 aromatic rings. The normalized spacial score (nSPS) is 11.2. The topological polar surface area (TPSA) is 104 Å². The van der Waals surface area contributed by atoms with E-state index in [1.807, 2.05) is 6.07 Å². The van der Waals surface area contributed by atoms with E-state index in [4.69, 9.17) is 28.9 Å². The molecule has 0 aliphatic rings. The zero-order valence-electron chi connectivity index (χ0n) is 18.6. The molecule has 8 nitrogen and oxygen atoms in total. The molecule has 0 aliphatic heterocycles. The number of nitriles is 1. The van der Waals surface area contributed by atoms with Crippen molar-refractivity contribution in [3.63, 3.8) is 0 Å². The van der Waals surface area contributed by atoms with Crippen molar-refractivity contribution in [1.29, 1.82) is 5.26 Å². The van der Waals surface area contributed by atoms with Crippen LogP contribution in [0.4, 0.5) is 0 Å². The fourth-order valence-electron chi connectivity index (χ4n) is 2.57. The molecule has 2 aromatic carbocycles. The highest BCUT2D eigenvalue weighted by Crippen LogP contribution is 2.28. The maximum absolute atomic E-state index is 13.0. The van der Waals surface area contributed by atoms with Crippen LogP contribution in [0.3, 0.4) is 0 Å². The van der Waals surface area contributed by atoms with Gasteiger partial charge in [0.25, 0.3) is 0 Å². The smallest absolute Gasteiger partial charge is 0.377 e. The van der Waals surface area contributed by atoms with Crippen molar-refractivity contribution in [3.8, 4) is 17.6 Å². The lowest BCUT2D eigenvalue weighted by Crippen LogP contribution is -2.25. The minimum atomic E-state index is -0.777. The first-order chi connectivity index (χ1) is 15.2. The third-order valence-corrected chi connectivity index (χ3v) is 3.92. The molecule has 32 heavy (non-hydrogen) atoms. The van der Waals surface area contributed by atoms with Gasteiger partial charge in [0.1, 0.15) is 35.5 Å². The Balaban J connectivity index is 2.42. The molecule has 0 N–H and O–H groups in total.